The van der Waals surface area contributed by atoms with E-state index in [1.165, 1.54) is 23.5 Å². The van der Waals surface area contributed by atoms with Gasteiger partial charge in [0.25, 0.3) is 11.6 Å². The first kappa shape index (κ1) is 21.0. The lowest BCUT2D eigenvalue weighted by Crippen LogP contribution is -2.31. The number of pyridine rings is 1. The molecule has 9 heteroatoms. The number of carbonyl (C=O) groups is 1. The van der Waals surface area contributed by atoms with Gasteiger partial charge < -0.3 is 0 Å². The molecule has 0 fully saturated rings. The van der Waals surface area contributed by atoms with Gasteiger partial charge in [0.15, 0.2) is 5.13 Å². The van der Waals surface area contributed by atoms with Crippen LogP contribution >= 0.6 is 23.1 Å². The van der Waals surface area contributed by atoms with Crippen LogP contribution in [-0.2, 0) is 6.54 Å². The average Bonchev–Trinajstić information content (AvgIpc) is 3.21. The molecule has 2 heterocycles. The summed E-state index contributed by atoms with van der Waals surface area (Å²) in [5.41, 5.74) is 1.92. The van der Waals surface area contributed by atoms with Crippen LogP contribution in [0.15, 0.2) is 71.8 Å². The molecule has 0 aliphatic heterocycles. The van der Waals surface area contributed by atoms with Crippen LogP contribution in [0, 0.1) is 10.1 Å². The third kappa shape index (κ3) is 4.57. The minimum absolute atomic E-state index is 0.00464. The van der Waals surface area contributed by atoms with Crippen molar-refractivity contribution in [1.29, 1.82) is 0 Å². The largest absolute Gasteiger partial charge is 0.278 e. The molecule has 0 N–H and O–H groups in total. The molecule has 4 aromatic rings. The van der Waals surface area contributed by atoms with Gasteiger partial charge in [-0.05, 0) is 36.1 Å². The van der Waals surface area contributed by atoms with E-state index < -0.39 is 4.92 Å². The van der Waals surface area contributed by atoms with Crippen molar-refractivity contribution in [2.75, 3.05) is 10.7 Å². The molecule has 2 aromatic heterocycles. The highest BCUT2D eigenvalue weighted by molar-refractivity contribution is 7.99. The number of hydrogen-bond donors (Lipinski definition) is 0. The molecule has 156 valence electrons. The number of amides is 1. The number of nitro groups is 1. The second-order valence-corrected chi connectivity index (χ2v) is 8.86. The fourth-order valence-electron chi connectivity index (χ4n) is 3.08. The lowest BCUT2D eigenvalue weighted by atomic mass is 10.2. The average molecular weight is 451 g/mol. The second kappa shape index (κ2) is 9.23. The maximum absolute atomic E-state index is 13.6. The van der Waals surface area contributed by atoms with Crippen molar-refractivity contribution < 1.29 is 9.72 Å². The number of thiazole rings is 1. The molecule has 0 spiro atoms. The smallest absolute Gasteiger partial charge is 0.270 e. The van der Waals surface area contributed by atoms with Crippen molar-refractivity contribution in [2.45, 2.75) is 18.4 Å². The summed E-state index contributed by atoms with van der Waals surface area (Å²) in [4.78, 5) is 35.8. The van der Waals surface area contributed by atoms with E-state index >= 15 is 0 Å². The predicted octanol–water partition coefficient (Wildman–Crippen LogP) is 5.56. The van der Waals surface area contributed by atoms with Crippen LogP contribution in [0.25, 0.3) is 10.2 Å². The van der Waals surface area contributed by atoms with E-state index in [9.17, 15) is 14.9 Å². The zero-order valence-corrected chi connectivity index (χ0v) is 18.2. The van der Waals surface area contributed by atoms with Crippen molar-refractivity contribution >= 4 is 50.0 Å². The van der Waals surface area contributed by atoms with Crippen molar-refractivity contribution in [1.82, 2.24) is 9.97 Å². The number of rotatable bonds is 7. The lowest BCUT2D eigenvalue weighted by Gasteiger charge is -2.21. The van der Waals surface area contributed by atoms with Gasteiger partial charge >= 0.3 is 0 Å². The van der Waals surface area contributed by atoms with Crippen LogP contribution in [0.3, 0.4) is 0 Å². The van der Waals surface area contributed by atoms with Crippen LogP contribution < -0.4 is 4.90 Å². The van der Waals surface area contributed by atoms with Gasteiger partial charge in [0.1, 0.15) is 0 Å². The molecule has 0 unspecified atom stereocenters. The van der Waals surface area contributed by atoms with Gasteiger partial charge in [-0.25, -0.2) is 4.98 Å². The Bertz CT molecular complexity index is 1240. The summed E-state index contributed by atoms with van der Waals surface area (Å²) >= 11 is 2.86. The molecule has 0 aliphatic carbocycles. The van der Waals surface area contributed by atoms with Crippen LogP contribution in [-0.4, -0.2) is 26.6 Å². The quantitative estimate of drug-likeness (QED) is 0.208. The van der Waals surface area contributed by atoms with Gasteiger partial charge in [-0.2, -0.15) is 0 Å². The summed E-state index contributed by atoms with van der Waals surface area (Å²) in [6.45, 7) is 2.28. The number of benzene rings is 2. The summed E-state index contributed by atoms with van der Waals surface area (Å²) in [5.74, 6) is 0.658. The molecule has 0 aliphatic rings. The van der Waals surface area contributed by atoms with Gasteiger partial charge in [0.05, 0.1) is 32.9 Å². The van der Waals surface area contributed by atoms with E-state index in [4.69, 9.17) is 0 Å². The Morgan fingerprint density at radius 2 is 1.97 bits per heavy atom. The highest BCUT2D eigenvalue weighted by Crippen LogP contribution is 2.34. The Balaban J connectivity index is 1.79. The number of nitrogens with zero attached hydrogens (tertiary/aromatic N) is 4. The van der Waals surface area contributed by atoms with E-state index in [1.807, 2.05) is 49.4 Å². The number of aromatic nitrogens is 2. The summed E-state index contributed by atoms with van der Waals surface area (Å²) in [7, 11) is 0. The molecule has 0 saturated heterocycles. The molecule has 0 bridgehead atoms. The van der Waals surface area contributed by atoms with Crippen LogP contribution in [0.4, 0.5) is 10.8 Å². The first-order valence-electron chi connectivity index (χ1n) is 9.55. The summed E-state index contributed by atoms with van der Waals surface area (Å²) in [6, 6.07) is 17.6. The molecular formula is C22H18N4O3S2. The third-order valence-electron chi connectivity index (χ3n) is 4.51. The van der Waals surface area contributed by atoms with Crippen molar-refractivity contribution in [3.8, 4) is 0 Å². The van der Waals surface area contributed by atoms with E-state index in [1.54, 1.807) is 28.9 Å². The van der Waals surface area contributed by atoms with Crippen molar-refractivity contribution in [2.24, 2.45) is 0 Å². The Kier molecular flexibility index (Phi) is 6.24. The fraction of sp³-hybridized carbons (Fsp3) is 0.136. The summed E-state index contributed by atoms with van der Waals surface area (Å²) < 4.78 is 0.652. The standard InChI is InChI=1S/C22H18N4O3S2/c1-2-30-19-9-4-3-8-17(19)21(27)25(14-15-7-5-6-12-23-15)22-24-18-11-10-16(26(28)29)13-20(18)31-22/h3-13H,2,14H2,1H3. The highest BCUT2D eigenvalue weighted by Gasteiger charge is 2.24. The highest BCUT2D eigenvalue weighted by atomic mass is 32.2. The minimum atomic E-state index is -0.437. The second-order valence-electron chi connectivity index (χ2n) is 6.55. The van der Waals surface area contributed by atoms with E-state index in [-0.39, 0.29) is 18.1 Å². The zero-order chi connectivity index (χ0) is 21.8. The van der Waals surface area contributed by atoms with E-state index in [0.717, 1.165) is 16.3 Å². The topological polar surface area (TPSA) is 89.2 Å². The van der Waals surface area contributed by atoms with Crippen LogP contribution in [0.1, 0.15) is 23.0 Å². The molecule has 1 amide bonds. The third-order valence-corrected chi connectivity index (χ3v) is 6.51. The molecule has 0 radical (unpaired) electrons. The number of hydrogen-bond acceptors (Lipinski definition) is 7. The molecule has 7 nitrogen and oxygen atoms in total. The Morgan fingerprint density at radius 3 is 2.71 bits per heavy atom. The Hall–Kier alpha value is -3.30. The Labute approximate surface area is 186 Å². The molecule has 0 atom stereocenters. The van der Waals surface area contributed by atoms with Gasteiger partial charge in [0, 0.05) is 23.2 Å². The molecule has 0 saturated carbocycles. The van der Waals surface area contributed by atoms with Gasteiger partial charge in [0.2, 0.25) is 0 Å². The maximum Gasteiger partial charge on any atom is 0.270 e. The van der Waals surface area contributed by atoms with Gasteiger partial charge in [-0.15, -0.1) is 11.8 Å². The number of nitro benzene ring substituents is 1. The van der Waals surface area contributed by atoms with Crippen molar-refractivity contribution in [3.05, 3.63) is 88.2 Å². The SMILES string of the molecule is CCSc1ccccc1C(=O)N(Cc1ccccn1)c1nc2ccc([N+](=O)[O-])cc2s1. The minimum Gasteiger partial charge on any atom is -0.278 e. The first-order chi connectivity index (χ1) is 15.1. The van der Waals surface area contributed by atoms with Crippen LogP contribution in [0.2, 0.25) is 0 Å². The van der Waals surface area contributed by atoms with E-state index in [2.05, 4.69) is 9.97 Å². The number of non-ortho nitro benzene ring substituents is 1. The molecule has 31 heavy (non-hydrogen) atoms. The van der Waals surface area contributed by atoms with Gasteiger partial charge in [-0.1, -0.05) is 36.5 Å². The summed E-state index contributed by atoms with van der Waals surface area (Å²) in [5, 5.41) is 11.6. The van der Waals surface area contributed by atoms with E-state index in [0.29, 0.717) is 20.9 Å². The monoisotopic (exact) mass is 450 g/mol. The number of anilines is 1. The Morgan fingerprint density at radius 1 is 1.16 bits per heavy atom. The lowest BCUT2D eigenvalue weighted by molar-refractivity contribution is -0.384. The number of thioether (sulfide) groups is 1. The van der Waals surface area contributed by atoms with Gasteiger partial charge in [-0.3, -0.25) is 24.8 Å². The number of carbonyl (C=O) groups excluding carboxylic acids is 1. The molecule has 2 aromatic carbocycles. The normalized spacial score (nSPS) is 10.9. The van der Waals surface area contributed by atoms with Crippen LogP contribution in [0.5, 0.6) is 0 Å². The predicted molar refractivity (Wildman–Crippen MR) is 124 cm³/mol. The first-order valence-corrected chi connectivity index (χ1v) is 11.4. The fourth-order valence-corrected chi connectivity index (χ4v) is 4.87. The maximum atomic E-state index is 13.6. The zero-order valence-electron chi connectivity index (χ0n) is 16.6. The molecular weight excluding hydrogens is 432 g/mol. The number of fused-ring (bicyclic) bond motifs is 1. The van der Waals surface area contributed by atoms with Crippen molar-refractivity contribution in [3.63, 3.8) is 0 Å². The summed E-state index contributed by atoms with van der Waals surface area (Å²) in [6.07, 6.45) is 1.68. The molecule has 4 rings (SSSR count).